The zero-order valence-corrected chi connectivity index (χ0v) is 15.4. The van der Waals surface area contributed by atoms with Crippen molar-refractivity contribution >= 4 is 11.8 Å². The number of carbonyl (C=O) groups excluding carboxylic acids is 1. The zero-order valence-electron chi connectivity index (χ0n) is 15.4. The minimum Gasteiger partial charge on any atom is -0.444 e. The highest BCUT2D eigenvalue weighted by Crippen LogP contribution is 2.30. The lowest BCUT2D eigenvalue weighted by atomic mass is 10.0. The van der Waals surface area contributed by atoms with Crippen LogP contribution in [0.25, 0.3) is 11.4 Å². The van der Waals surface area contributed by atoms with E-state index >= 15 is 0 Å². The van der Waals surface area contributed by atoms with Crippen molar-refractivity contribution in [2.45, 2.75) is 39.2 Å². The van der Waals surface area contributed by atoms with Gasteiger partial charge in [0.25, 0.3) is 5.69 Å². The molecule has 1 aliphatic rings. The summed E-state index contributed by atoms with van der Waals surface area (Å²) in [5, 5.41) is 17.9. The van der Waals surface area contributed by atoms with E-state index in [2.05, 4.69) is 15.2 Å². The molecule has 144 valence electrons. The molecule has 1 amide bonds. The van der Waals surface area contributed by atoms with E-state index < -0.39 is 22.4 Å². The highest BCUT2D eigenvalue weighted by molar-refractivity contribution is 5.69. The fraction of sp³-hybridized carbons (Fsp3) is 0.471. The molecule has 2 heterocycles. The SMILES string of the molecule is Cc1c(F)cc(-c2n[nH]c(C3CN(C(=O)OC(C)(C)C)C3)n2)cc1[N+](=O)[O-]. The summed E-state index contributed by atoms with van der Waals surface area (Å²) in [6.45, 7) is 7.58. The quantitative estimate of drug-likeness (QED) is 0.649. The Morgan fingerprint density at radius 3 is 2.67 bits per heavy atom. The summed E-state index contributed by atoms with van der Waals surface area (Å²) < 4.78 is 19.3. The van der Waals surface area contributed by atoms with E-state index in [1.54, 1.807) is 25.7 Å². The molecule has 1 saturated heterocycles. The van der Waals surface area contributed by atoms with Crippen molar-refractivity contribution in [2.75, 3.05) is 13.1 Å². The number of carbonyl (C=O) groups is 1. The van der Waals surface area contributed by atoms with E-state index in [0.29, 0.717) is 18.9 Å². The Balaban J connectivity index is 1.72. The normalized spacial score (nSPS) is 14.8. The molecule has 1 aliphatic heterocycles. The molecule has 0 bridgehead atoms. The topological polar surface area (TPSA) is 114 Å². The van der Waals surface area contributed by atoms with Gasteiger partial charge >= 0.3 is 6.09 Å². The highest BCUT2D eigenvalue weighted by atomic mass is 19.1. The largest absolute Gasteiger partial charge is 0.444 e. The standard InChI is InChI=1S/C17H20FN5O4/c1-9-12(18)5-10(6-13(9)23(25)26)14-19-15(21-20-14)11-7-22(8-11)16(24)27-17(2,3)4/h5-6,11H,7-8H2,1-4H3,(H,19,20,21). The number of ether oxygens (including phenoxy) is 1. The van der Waals surface area contributed by atoms with Crippen LogP contribution in [0.15, 0.2) is 12.1 Å². The first-order valence-electron chi connectivity index (χ1n) is 8.40. The minimum absolute atomic E-state index is 0.0356. The lowest BCUT2D eigenvalue weighted by molar-refractivity contribution is -0.385. The van der Waals surface area contributed by atoms with Crippen molar-refractivity contribution in [2.24, 2.45) is 0 Å². The maximum Gasteiger partial charge on any atom is 0.410 e. The number of nitrogens with one attached hydrogen (secondary N) is 1. The summed E-state index contributed by atoms with van der Waals surface area (Å²) in [4.78, 5) is 28.3. The predicted molar refractivity (Wildman–Crippen MR) is 93.7 cm³/mol. The molecule has 10 heteroatoms. The number of nitro benzene ring substituents is 1. The van der Waals surface area contributed by atoms with E-state index in [0.717, 1.165) is 0 Å². The number of hydrogen-bond donors (Lipinski definition) is 1. The third kappa shape index (κ3) is 3.88. The molecule has 0 saturated carbocycles. The number of amides is 1. The van der Waals surface area contributed by atoms with Gasteiger partial charge in [0, 0.05) is 24.7 Å². The smallest absolute Gasteiger partial charge is 0.410 e. The summed E-state index contributed by atoms with van der Waals surface area (Å²) in [6, 6.07) is 2.42. The number of hydrogen-bond acceptors (Lipinski definition) is 6. The Morgan fingerprint density at radius 2 is 2.07 bits per heavy atom. The van der Waals surface area contributed by atoms with Crippen LogP contribution in [0.4, 0.5) is 14.9 Å². The molecule has 1 aromatic heterocycles. The van der Waals surface area contributed by atoms with Gasteiger partial charge in [0.2, 0.25) is 0 Å². The van der Waals surface area contributed by atoms with Gasteiger partial charge in [-0.05, 0) is 33.8 Å². The molecule has 0 atom stereocenters. The maximum atomic E-state index is 14.0. The van der Waals surface area contributed by atoms with Gasteiger partial charge in [0.15, 0.2) is 5.82 Å². The molecule has 27 heavy (non-hydrogen) atoms. The van der Waals surface area contributed by atoms with Crippen molar-refractivity contribution in [1.82, 2.24) is 20.1 Å². The van der Waals surface area contributed by atoms with Crippen LogP contribution in [-0.4, -0.2) is 49.8 Å². The van der Waals surface area contributed by atoms with Crippen LogP contribution in [0.3, 0.4) is 0 Å². The summed E-state index contributed by atoms with van der Waals surface area (Å²) in [7, 11) is 0. The second kappa shape index (κ2) is 6.60. The van der Waals surface area contributed by atoms with Gasteiger partial charge in [-0.2, -0.15) is 5.10 Å². The number of halogens is 1. The molecule has 2 aromatic rings. The molecule has 1 fully saturated rings. The molecule has 0 radical (unpaired) electrons. The van der Waals surface area contributed by atoms with E-state index in [4.69, 9.17) is 4.74 Å². The van der Waals surface area contributed by atoms with Gasteiger partial charge in [-0.3, -0.25) is 15.2 Å². The number of aromatic nitrogens is 3. The highest BCUT2D eigenvalue weighted by Gasteiger charge is 2.36. The zero-order chi connectivity index (χ0) is 19.9. The molecule has 0 aliphatic carbocycles. The average Bonchev–Trinajstić information content (AvgIpc) is 2.95. The van der Waals surface area contributed by atoms with Gasteiger partial charge in [0.05, 0.1) is 16.4 Å². The summed E-state index contributed by atoms with van der Waals surface area (Å²) in [6.07, 6.45) is -0.394. The molecule has 0 spiro atoms. The summed E-state index contributed by atoms with van der Waals surface area (Å²) in [5.41, 5.74) is -0.704. The number of nitro groups is 1. The monoisotopic (exact) mass is 377 g/mol. The van der Waals surface area contributed by atoms with Crippen molar-refractivity contribution in [3.8, 4) is 11.4 Å². The minimum atomic E-state index is -0.690. The van der Waals surface area contributed by atoms with Crippen LogP contribution in [0, 0.1) is 22.9 Å². The van der Waals surface area contributed by atoms with E-state index in [9.17, 15) is 19.3 Å². The number of rotatable bonds is 3. The average molecular weight is 377 g/mol. The first-order valence-corrected chi connectivity index (χ1v) is 8.40. The Bertz CT molecular complexity index is 899. The van der Waals surface area contributed by atoms with Crippen LogP contribution in [0.1, 0.15) is 38.1 Å². The van der Waals surface area contributed by atoms with Crippen molar-refractivity contribution in [1.29, 1.82) is 0 Å². The number of aromatic amines is 1. The van der Waals surface area contributed by atoms with E-state index in [1.165, 1.54) is 19.1 Å². The third-order valence-electron chi connectivity index (χ3n) is 4.19. The fourth-order valence-electron chi connectivity index (χ4n) is 2.70. The van der Waals surface area contributed by atoms with Gasteiger partial charge in [0.1, 0.15) is 17.2 Å². The lowest BCUT2D eigenvalue weighted by Gasteiger charge is -2.38. The van der Waals surface area contributed by atoms with Crippen molar-refractivity contribution < 1.29 is 18.8 Å². The van der Waals surface area contributed by atoms with Crippen LogP contribution in [0.2, 0.25) is 0 Å². The Kier molecular flexibility index (Phi) is 4.58. The summed E-state index contributed by atoms with van der Waals surface area (Å²) >= 11 is 0. The first-order chi connectivity index (χ1) is 12.5. The number of nitrogens with zero attached hydrogens (tertiary/aromatic N) is 4. The Hall–Kier alpha value is -3.04. The molecular formula is C17H20FN5O4. The molecular weight excluding hydrogens is 357 g/mol. The molecule has 1 aromatic carbocycles. The molecule has 1 N–H and O–H groups in total. The predicted octanol–water partition coefficient (Wildman–Crippen LogP) is 3.16. The molecule has 0 unspecified atom stereocenters. The second-order valence-electron chi connectivity index (χ2n) is 7.49. The second-order valence-corrected chi connectivity index (χ2v) is 7.49. The maximum absolute atomic E-state index is 14.0. The van der Waals surface area contributed by atoms with Gasteiger partial charge in [-0.15, -0.1) is 0 Å². The lowest BCUT2D eigenvalue weighted by Crippen LogP contribution is -2.50. The van der Waals surface area contributed by atoms with Crippen molar-refractivity contribution in [3.63, 3.8) is 0 Å². The number of H-pyrrole nitrogens is 1. The molecule has 9 nitrogen and oxygen atoms in total. The van der Waals surface area contributed by atoms with Gasteiger partial charge in [-0.25, -0.2) is 14.2 Å². The van der Waals surface area contributed by atoms with Crippen LogP contribution in [0.5, 0.6) is 0 Å². The van der Waals surface area contributed by atoms with Gasteiger partial charge < -0.3 is 9.64 Å². The van der Waals surface area contributed by atoms with Crippen LogP contribution < -0.4 is 0 Å². The van der Waals surface area contributed by atoms with Gasteiger partial charge in [-0.1, -0.05) is 0 Å². The fourth-order valence-corrected chi connectivity index (χ4v) is 2.70. The van der Waals surface area contributed by atoms with E-state index in [1.807, 2.05) is 0 Å². The van der Waals surface area contributed by atoms with Crippen molar-refractivity contribution in [3.05, 3.63) is 39.5 Å². The Morgan fingerprint density at radius 1 is 1.41 bits per heavy atom. The number of likely N-dealkylation sites (tertiary alicyclic amines) is 1. The van der Waals surface area contributed by atoms with Crippen LogP contribution in [-0.2, 0) is 4.74 Å². The molecule has 3 rings (SSSR count). The Labute approximate surface area is 154 Å². The van der Waals surface area contributed by atoms with Crippen LogP contribution >= 0.6 is 0 Å². The third-order valence-corrected chi connectivity index (χ3v) is 4.19. The first kappa shape index (κ1) is 18.7. The van der Waals surface area contributed by atoms with E-state index in [-0.39, 0.29) is 28.6 Å². The summed E-state index contributed by atoms with van der Waals surface area (Å²) in [5.74, 6) is -0.0366. The number of benzene rings is 1.